The number of amides is 2. The number of fused-ring (bicyclic) bond motifs is 2. The van der Waals surface area contributed by atoms with Gasteiger partial charge < -0.3 is 24.4 Å². The van der Waals surface area contributed by atoms with Crippen molar-refractivity contribution in [3.05, 3.63) is 24.3 Å². The van der Waals surface area contributed by atoms with E-state index < -0.39 is 46.6 Å². The third-order valence-corrected chi connectivity index (χ3v) is 9.17. The normalized spacial score (nSPS) is 34.9. The Morgan fingerprint density at radius 3 is 2.32 bits per heavy atom. The van der Waals surface area contributed by atoms with Gasteiger partial charge in [-0.1, -0.05) is 66.2 Å². The Labute approximate surface area is 227 Å². The molecule has 38 heavy (non-hydrogen) atoms. The van der Waals surface area contributed by atoms with Crippen LogP contribution in [0.5, 0.6) is 0 Å². The van der Waals surface area contributed by atoms with E-state index in [2.05, 4.69) is 34.6 Å². The van der Waals surface area contributed by atoms with E-state index in [0.717, 1.165) is 12.8 Å². The van der Waals surface area contributed by atoms with Crippen molar-refractivity contribution in [1.82, 2.24) is 9.80 Å². The third kappa shape index (κ3) is 4.32. The molecule has 0 aromatic heterocycles. The summed E-state index contributed by atoms with van der Waals surface area (Å²) >= 11 is 0. The Kier molecular flexibility index (Phi) is 7.41. The second-order valence-electron chi connectivity index (χ2n) is 13.4. The highest BCUT2D eigenvalue weighted by molar-refractivity contribution is 5.99. The summed E-state index contributed by atoms with van der Waals surface area (Å²) in [4.78, 5) is 46.1. The van der Waals surface area contributed by atoms with Crippen LogP contribution in [-0.4, -0.2) is 81.3 Å². The summed E-state index contributed by atoms with van der Waals surface area (Å²) in [6.45, 7) is 16.7. The Morgan fingerprint density at radius 1 is 1.05 bits per heavy atom. The van der Waals surface area contributed by atoms with Crippen LogP contribution in [0.3, 0.4) is 0 Å². The number of rotatable bonds is 7. The molecule has 2 amide bonds. The predicted octanol–water partition coefficient (Wildman–Crippen LogP) is 3.48. The van der Waals surface area contributed by atoms with Gasteiger partial charge in [0.1, 0.15) is 29.8 Å². The molecule has 212 valence electrons. The molecule has 8 heteroatoms. The molecule has 4 aliphatic heterocycles. The number of aliphatic hydroxyl groups excluding tert-OH is 1. The van der Waals surface area contributed by atoms with Crippen LogP contribution in [0.1, 0.15) is 74.7 Å². The van der Waals surface area contributed by atoms with E-state index >= 15 is 0 Å². The molecule has 0 saturated carbocycles. The molecule has 0 radical (unpaired) electrons. The summed E-state index contributed by atoms with van der Waals surface area (Å²) in [5, 5.41) is 10.5. The molecule has 1 spiro atoms. The lowest BCUT2D eigenvalue weighted by Crippen LogP contribution is -2.62. The summed E-state index contributed by atoms with van der Waals surface area (Å²) < 4.78 is 12.4. The lowest BCUT2D eigenvalue weighted by Gasteiger charge is -2.46. The average Bonchev–Trinajstić information content (AvgIpc) is 3.09. The van der Waals surface area contributed by atoms with Crippen molar-refractivity contribution in [2.75, 3.05) is 19.8 Å². The minimum absolute atomic E-state index is 0.0343. The zero-order chi connectivity index (χ0) is 28.3. The fraction of sp³-hybridized carbons (Fsp3) is 0.767. The van der Waals surface area contributed by atoms with Crippen molar-refractivity contribution in [3.8, 4) is 0 Å². The Balaban J connectivity index is 1.92. The summed E-state index contributed by atoms with van der Waals surface area (Å²) in [6, 6.07) is -1.58. The van der Waals surface area contributed by atoms with Crippen molar-refractivity contribution >= 4 is 17.8 Å². The van der Waals surface area contributed by atoms with Crippen LogP contribution in [0.15, 0.2) is 24.3 Å². The van der Waals surface area contributed by atoms with Crippen molar-refractivity contribution in [3.63, 3.8) is 0 Å². The highest BCUT2D eigenvalue weighted by Crippen LogP contribution is 2.59. The predicted molar refractivity (Wildman–Crippen MR) is 144 cm³/mol. The highest BCUT2D eigenvalue weighted by Gasteiger charge is 2.76. The molecule has 4 rings (SSSR count). The second-order valence-corrected chi connectivity index (χ2v) is 13.4. The molecule has 0 aliphatic carbocycles. The first-order valence-electron chi connectivity index (χ1n) is 14.2. The Hall–Kier alpha value is -2.19. The summed E-state index contributed by atoms with van der Waals surface area (Å²) in [5.74, 6) is -2.88. The Bertz CT molecular complexity index is 1030. The molecule has 0 bridgehead atoms. The number of carbonyl (C=O) groups excluding carboxylic acids is 3. The molecule has 1 N–H and O–H groups in total. The van der Waals surface area contributed by atoms with Crippen molar-refractivity contribution in [2.45, 2.75) is 103 Å². The van der Waals surface area contributed by atoms with E-state index in [9.17, 15) is 19.5 Å². The molecule has 7 atom stereocenters. The molecule has 2 fully saturated rings. The maximum Gasteiger partial charge on any atom is 0.313 e. The minimum Gasteiger partial charge on any atom is -0.461 e. The first kappa shape index (κ1) is 28.8. The summed E-state index contributed by atoms with van der Waals surface area (Å²) in [7, 11) is 0. The van der Waals surface area contributed by atoms with Crippen molar-refractivity contribution in [2.24, 2.45) is 23.2 Å². The average molecular weight is 531 g/mol. The smallest absolute Gasteiger partial charge is 0.313 e. The van der Waals surface area contributed by atoms with E-state index in [1.54, 1.807) is 11.0 Å². The van der Waals surface area contributed by atoms with Gasteiger partial charge in [-0.15, -0.1) is 0 Å². The molecular weight excluding hydrogens is 484 g/mol. The quantitative estimate of drug-likeness (QED) is 0.400. The molecule has 0 aromatic rings. The van der Waals surface area contributed by atoms with Gasteiger partial charge in [-0.3, -0.25) is 14.4 Å². The molecule has 0 aromatic carbocycles. The fourth-order valence-electron chi connectivity index (χ4n) is 7.64. The van der Waals surface area contributed by atoms with Gasteiger partial charge in [0.25, 0.3) is 0 Å². The maximum absolute atomic E-state index is 14.7. The molecule has 2 saturated heterocycles. The van der Waals surface area contributed by atoms with Crippen LogP contribution in [0.25, 0.3) is 0 Å². The van der Waals surface area contributed by atoms with E-state index in [0.29, 0.717) is 13.0 Å². The number of esters is 1. The number of nitrogens with zero attached hydrogens (tertiary/aromatic N) is 2. The monoisotopic (exact) mass is 530 g/mol. The Morgan fingerprint density at radius 2 is 1.74 bits per heavy atom. The lowest BCUT2D eigenvalue weighted by atomic mass is 9.73. The fourth-order valence-corrected chi connectivity index (χ4v) is 7.64. The highest BCUT2D eigenvalue weighted by atomic mass is 16.6. The van der Waals surface area contributed by atoms with Crippen LogP contribution < -0.4 is 0 Å². The van der Waals surface area contributed by atoms with Gasteiger partial charge in [-0.25, -0.2) is 0 Å². The molecule has 4 heterocycles. The van der Waals surface area contributed by atoms with Gasteiger partial charge in [0.2, 0.25) is 11.8 Å². The van der Waals surface area contributed by atoms with E-state index in [1.165, 1.54) is 0 Å². The number of hydrogen-bond donors (Lipinski definition) is 1. The van der Waals surface area contributed by atoms with Gasteiger partial charge in [0.15, 0.2) is 0 Å². The van der Waals surface area contributed by atoms with Crippen LogP contribution in [0.4, 0.5) is 0 Å². The van der Waals surface area contributed by atoms with Crippen LogP contribution in [0.2, 0.25) is 0 Å². The van der Waals surface area contributed by atoms with E-state index in [4.69, 9.17) is 9.47 Å². The van der Waals surface area contributed by atoms with Gasteiger partial charge >= 0.3 is 5.97 Å². The van der Waals surface area contributed by atoms with E-state index in [-0.39, 0.29) is 36.4 Å². The van der Waals surface area contributed by atoms with Crippen molar-refractivity contribution < 1.29 is 29.0 Å². The maximum atomic E-state index is 14.7. The minimum atomic E-state index is -1.34. The zero-order valence-electron chi connectivity index (χ0n) is 24.3. The largest absolute Gasteiger partial charge is 0.461 e. The van der Waals surface area contributed by atoms with Crippen LogP contribution in [0, 0.1) is 23.2 Å². The molecule has 8 nitrogen and oxygen atoms in total. The standard InChI is InChI=1S/C30H46N2O6/c1-9-19(3)20(17-33)32-23-25(35)31(28(7,8)18-27(4,5)6)15-11-14-30(23)21(24(32)34)22-26(36)37-16-12-13-29(22,10-2)38-30/h11-14,19-23,33H,9-10,15-18H2,1-8H3/t19-,20-,21-,22-,23?,29+,30-/m0/s1. The molecular formula is C30H46N2O6. The summed E-state index contributed by atoms with van der Waals surface area (Å²) in [5.41, 5.74) is -2.94. The first-order valence-corrected chi connectivity index (χ1v) is 14.2. The van der Waals surface area contributed by atoms with Gasteiger partial charge in [0, 0.05) is 12.1 Å². The van der Waals surface area contributed by atoms with Gasteiger partial charge in [-0.05, 0) is 44.1 Å². The third-order valence-electron chi connectivity index (χ3n) is 9.17. The topological polar surface area (TPSA) is 96.4 Å². The zero-order valence-corrected chi connectivity index (χ0v) is 24.3. The number of cyclic esters (lactones) is 1. The van der Waals surface area contributed by atoms with E-state index in [1.807, 2.05) is 43.9 Å². The molecule has 1 unspecified atom stereocenters. The number of hydrogen-bond acceptors (Lipinski definition) is 6. The molecule has 4 aliphatic rings. The first-order chi connectivity index (χ1) is 17.7. The van der Waals surface area contributed by atoms with Crippen LogP contribution >= 0.6 is 0 Å². The summed E-state index contributed by atoms with van der Waals surface area (Å²) in [6.07, 6.45) is 9.34. The van der Waals surface area contributed by atoms with Gasteiger partial charge in [-0.2, -0.15) is 0 Å². The SMILES string of the molecule is CC[C@H](C)[C@H](CO)N1C(=O)[C@@H]2[C@H]3C(=O)OCC=C[C@@]3(CC)O[C@@]23C=CCN(C(C)(C)CC(C)(C)C)C(=O)C13. The number of likely N-dealkylation sites (tertiary alicyclic amines) is 1. The van der Waals surface area contributed by atoms with Crippen LogP contribution in [-0.2, 0) is 23.9 Å². The second kappa shape index (κ2) is 9.77. The van der Waals surface area contributed by atoms with Crippen molar-refractivity contribution in [1.29, 1.82) is 0 Å². The number of aliphatic hydroxyl groups is 1. The lowest BCUT2D eigenvalue weighted by molar-refractivity contribution is -0.164. The number of carbonyl (C=O) groups is 3. The number of ether oxygens (including phenoxy) is 2. The van der Waals surface area contributed by atoms with Gasteiger partial charge in [0.05, 0.1) is 18.6 Å².